The zero-order chi connectivity index (χ0) is 17.9. The van der Waals surface area contributed by atoms with Gasteiger partial charge in [-0.3, -0.25) is 4.79 Å². The first-order valence-electron chi connectivity index (χ1n) is 7.29. The van der Waals surface area contributed by atoms with E-state index in [-0.39, 0.29) is 12.2 Å². The number of hydrogen-bond acceptors (Lipinski definition) is 5. The summed E-state index contributed by atoms with van der Waals surface area (Å²) in [5.41, 5.74) is 0.709. The van der Waals surface area contributed by atoms with Gasteiger partial charge >= 0.3 is 5.97 Å². The van der Waals surface area contributed by atoms with Crippen molar-refractivity contribution < 1.29 is 19.1 Å². The quantitative estimate of drug-likeness (QED) is 0.839. The Morgan fingerprint density at radius 2 is 1.96 bits per heavy atom. The summed E-state index contributed by atoms with van der Waals surface area (Å²) in [5.74, 6) is -1.51. The molecule has 0 aliphatic heterocycles. The Kier molecular flexibility index (Phi) is 5.22. The standard InChI is InChI=1S/C15H18FN5O3/c1-9(15(23)24)20(3)14(22)13(21-10(2)17-18-19-21)8-11-4-6-12(16)7-5-11/h4-7,9,13H,8H2,1-3H3,(H,23,24). The van der Waals surface area contributed by atoms with Gasteiger partial charge in [-0.15, -0.1) is 5.10 Å². The zero-order valence-electron chi connectivity index (χ0n) is 13.5. The largest absolute Gasteiger partial charge is 0.480 e. The molecule has 0 fully saturated rings. The number of carboxylic acids is 1. The first-order valence-corrected chi connectivity index (χ1v) is 7.29. The van der Waals surface area contributed by atoms with Crippen LogP contribution in [0.5, 0.6) is 0 Å². The van der Waals surface area contributed by atoms with Crippen molar-refractivity contribution in [1.82, 2.24) is 25.1 Å². The molecule has 0 radical (unpaired) electrons. The van der Waals surface area contributed by atoms with E-state index in [9.17, 15) is 14.0 Å². The molecular formula is C15H18FN5O3. The predicted octanol–water partition coefficient (Wildman–Crippen LogP) is 0.836. The van der Waals surface area contributed by atoms with Gasteiger partial charge in [0.1, 0.15) is 23.7 Å². The summed E-state index contributed by atoms with van der Waals surface area (Å²) >= 11 is 0. The van der Waals surface area contributed by atoms with Crippen LogP contribution in [-0.2, 0) is 16.0 Å². The molecule has 24 heavy (non-hydrogen) atoms. The first-order chi connectivity index (χ1) is 11.3. The van der Waals surface area contributed by atoms with Gasteiger partial charge in [-0.25, -0.2) is 13.9 Å². The number of carboxylic acid groups (broad SMARTS) is 1. The van der Waals surface area contributed by atoms with E-state index in [1.54, 1.807) is 19.1 Å². The summed E-state index contributed by atoms with van der Waals surface area (Å²) in [6.45, 7) is 3.06. The Balaban J connectivity index is 2.33. The van der Waals surface area contributed by atoms with Gasteiger partial charge < -0.3 is 10.0 Å². The normalized spacial score (nSPS) is 13.3. The second-order valence-electron chi connectivity index (χ2n) is 5.48. The van der Waals surface area contributed by atoms with Crippen molar-refractivity contribution in [3.05, 3.63) is 41.5 Å². The van der Waals surface area contributed by atoms with Crippen molar-refractivity contribution in [2.24, 2.45) is 0 Å². The molecule has 2 atom stereocenters. The molecule has 1 aromatic heterocycles. The summed E-state index contributed by atoms with van der Waals surface area (Å²) in [6, 6.07) is 3.91. The van der Waals surface area contributed by atoms with Crippen LogP contribution in [0.25, 0.3) is 0 Å². The molecule has 1 aromatic carbocycles. The van der Waals surface area contributed by atoms with Crippen LogP contribution < -0.4 is 0 Å². The maximum Gasteiger partial charge on any atom is 0.326 e. The summed E-state index contributed by atoms with van der Waals surface area (Å²) in [5, 5.41) is 20.2. The molecule has 0 spiro atoms. The van der Waals surface area contributed by atoms with Crippen molar-refractivity contribution in [1.29, 1.82) is 0 Å². The topological polar surface area (TPSA) is 101 Å². The molecule has 2 rings (SSSR count). The number of amides is 1. The Morgan fingerprint density at radius 3 is 2.46 bits per heavy atom. The molecule has 0 saturated carbocycles. The molecule has 0 bridgehead atoms. The Labute approximate surface area is 137 Å². The number of nitrogens with zero attached hydrogens (tertiary/aromatic N) is 5. The number of aliphatic carboxylic acids is 1. The van der Waals surface area contributed by atoms with E-state index in [1.165, 1.54) is 30.8 Å². The van der Waals surface area contributed by atoms with Gasteiger partial charge in [0.15, 0.2) is 0 Å². The van der Waals surface area contributed by atoms with E-state index < -0.39 is 24.0 Å². The average molecular weight is 335 g/mol. The highest BCUT2D eigenvalue weighted by molar-refractivity contribution is 5.85. The highest BCUT2D eigenvalue weighted by atomic mass is 19.1. The third kappa shape index (κ3) is 3.73. The van der Waals surface area contributed by atoms with Crippen LogP contribution in [0.15, 0.2) is 24.3 Å². The molecule has 1 heterocycles. The number of aromatic nitrogens is 4. The number of hydrogen-bond donors (Lipinski definition) is 1. The minimum absolute atomic E-state index is 0.210. The fourth-order valence-corrected chi connectivity index (χ4v) is 2.24. The minimum atomic E-state index is -1.11. The summed E-state index contributed by atoms with van der Waals surface area (Å²) < 4.78 is 14.4. The SMILES string of the molecule is Cc1nnnn1C(Cc1ccc(F)cc1)C(=O)N(C)C(C)C(=O)O. The van der Waals surface area contributed by atoms with E-state index in [4.69, 9.17) is 5.11 Å². The molecule has 0 aliphatic rings. The summed E-state index contributed by atoms with van der Waals surface area (Å²) in [7, 11) is 1.42. The third-order valence-electron chi connectivity index (χ3n) is 3.87. The van der Waals surface area contributed by atoms with E-state index >= 15 is 0 Å². The monoisotopic (exact) mass is 335 g/mol. The highest BCUT2D eigenvalue weighted by Crippen LogP contribution is 2.18. The van der Waals surface area contributed by atoms with Crippen LogP contribution in [-0.4, -0.2) is 55.2 Å². The number of aryl methyl sites for hydroxylation is 1. The Morgan fingerprint density at radius 1 is 1.33 bits per heavy atom. The summed E-state index contributed by atoms with van der Waals surface area (Å²) in [4.78, 5) is 25.1. The number of halogens is 1. The highest BCUT2D eigenvalue weighted by Gasteiger charge is 2.31. The number of rotatable bonds is 6. The average Bonchev–Trinajstić information content (AvgIpc) is 2.98. The van der Waals surface area contributed by atoms with Gasteiger partial charge in [0.25, 0.3) is 0 Å². The molecule has 9 heteroatoms. The molecule has 0 aliphatic carbocycles. The first kappa shape index (κ1) is 17.5. The lowest BCUT2D eigenvalue weighted by Gasteiger charge is -2.27. The van der Waals surface area contributed by atoms with Crippen LogP contribution in [0.2, 0.25) is 0 Å². The molecule has 2 aromatic rings. The molecule has 1 amide bonds. The molecule has 2 unspecified atom stereocenters. The van der Waals surface area contributed by atoms with Crippen molar-refractivity contribution in [3.8, 4) is 0 Å². The van der Waals surface area contributed by atoms with Gasteiger partial charge in [0.05, 0.1) is 0 Å². The number of tetrazole rings is 1. The van der Waals surface area contributed by atoms with Gasteiger partial charge in [-0.05, 0) is 42.0 Å². The lowest BCUT2D eigenvalue weighted by Crippen LogP contribution is -2.44. The molecule has 128 valence electrons. The zero-order valence-corrected chi connectivity index (χ0v) is 13.5. The van der Waals surface area contributed by atoms with Crippen LogP contribution in [0, 0.1) is 12.7 Å². The number of carbonyl (C=O) groups excluding carboxylic acids is 1. The number of benzene rings is 1. The van der Waals surface area contributed by atoms with Gasteiger partial charge in [-0.2, -0.15) is 0 Å². The van der Waals surface area contributed by atoms with Crippen molar-refractivity contribution >= 4 is 11.9 Å². The van der Waals surface area contributed by atoms with E-state index in [0.717, 1.165) is 4.90 Å². The predicted molar refractivity (Wildman–Crippen MR) is 81.6 cm³/mol. The smallest absolute Gasteiger partial charge is 0.326 e. The second-order valence-corrected chi connectivity index (χ2v) is 5.48. The van der Waals surface area contributed by atoms with Crippen molar-refractivity contribution in [3.63, 3.8) is 0 Å². The van der Waals surface area contributed by atoms with Crippen molar-refractivity contribution in [2.75, 3.05) is 7.05 Å². The van der Waals surface area contributed by atoms with Gasteiger partial charge in [0, 0.05) is 13.5 Å². The molecule has 1 N–H and O–H groups in total. The lowest BCUT2D eigenvalue weighted by molar-refractivity contribution is -0.149. The minimum Gasteiger partial charge on any atom is -0.480 e. The van der Waals surface area contributed by atoms with Gasteiger partial charge in [-0.1, -0.05) is 12.1 Å². The molecule has 0 saturated heterocycles. The van der Waals surface area contributed by atoms with E-state index in [1.807, 2.05) is 0 Å². The number of likely N-dealkylation sites (N-methyl/N-ethyl adjacent to an activating group) is 1. The molecule has 8 nitrogen and oxygen atoms in total. The van der Waals surface area contributed by atoms with Crippen LogP contribution in [0.3, 0.4) is 0 Å². The second kappa shape index (κ2) is 7.16. The van der Waals surface area contributed by atoms with Crippen LogP contribution >= 0.6 is 0 Å². The Bertz CT molecular complexity index is 731. The lowest BCUT2D eigenvalue weighted by atomic mass is 10.0. The number of carbonyl (C=O) groups is 2. The maximum atomic E-state index is 13.1. The van der Waals surface area contributed by atoms with E-state index in [0.29, 0.717) is 11.4 Å². The van der Waals surface area contributed by atoms with Crippen LogP contribution in [0.1, 0.15) is 24.4 Å². The van der Waals surface area contributed by atoms with E-state index in [2.05, 4.69) is 15.5 Å². The van der Waals surface area contributed by atoms with Crippen LogP contribution in [0.4, 0.5) is 4.39 Å². The van der Waals surface area contributed by atoms with Gasteiger partial charge in [0.2, 0.25) is 5.91 Å². The fourth-order valence-electron chi connectivity index (χ4n) is 2.24. The Hall–Kier alpha value is -2.84. The van der Waals surface area contributed by atoms with Crippen molar-refractivity contribution in [2.45, 2.75) is 32.4 Å². The third-order valence-corrected chi connectivity index (χ3v) is 3.87. The fraction of sp³-hybridized carbons (Fsp3) is 0.400. The maximum absolute atomic E-state index is 13.1. The summed E-state index contributed by atoms with van der Waals surface area (Å²) in [6.07, 6.45) is 0.210. The molecular weight excluding hydrogens is 317 g/mol.